The zero-order chi connectivity index (χ0) is 12.0. The molecule has 1 aromatic rings. The lowest BCUT2D eigenvalue weighted by molar-refractivity contribution is -0.174. The molecular weight excluding hydrogens is 219 g/mol. The van der Waals surface area contributed by atoms with Crippen molar-refractivity contribution in [1.82, 2.24) is 0 Å². The van der Waals surface area contributed by atoms with Crippen LogP contribution in [-0.4, -0.2) is 25.9 Å². The second-order valence-electron chi connectivity index (χ2n) is 3.47. The fourth-order valence-corrected chi connectivity index (χ4v) is 1.34. The third-order valence-corrected chi connectivity index (χ3v) is 2.14. The van der Waals surface area contributed by atoms with Crippen LogP contribution in [0.15, 0.2) is 30.3 Å². The van der Waals surface area contributed by atoms with E-state index in [0.717, 1.165) is 5.56 Å². The molecule has 1 rings (SSSR count). The number of halogens is 3. The Kier molecular flexibility index (Phi) is 4.76. The lowest BCUT2D eigenvalue weighted by Crippen LogP contribution is -2.23. The van der Waals surface area contributed by atoms with Crippen LogP contribution in [0.2, 0.25) is 0 Å². The van der Waals surface area contributed by atoms with Crippen LogP contribution in [-0.2, 0) is 4.74 Å². The van der Waals surface area contributed by atoms with E-state index < -0.39 is 12.8 Å². The van der Waals surface area contributed by atoms with Crippen molar-refractivity contribution in [3.63, 3.8) is 0 Å². The molecule has 0 saturated carbocycles. The molecule has 2 nitrogen and oxygen atoms in total. The molecule has 16 heavy (non-hydrogen) atoms. The van der Waals surface area contributed by atoms with Gasteiger partial charge in [-0.15, -0.1) is 0 Å². The Morgan fingerprint density at radius 3 is 2.31 bits per heavy atom. The molecular formula is C11H14F3NO. The van der Waals surface area contributed by atoms with Crippen LogP contribution in [0.25, 0.3) is 0 Å². The van der Waals surface area contributed by atoms with Crippen LogP contribution < -0.4 is 5.73 Å². The van der Waals surface area contributed by atoms with Gasteiger partial charge in [-0.05, 0) is 5.56 Å². The van der Waals surface area contributed by atoms with Crippen LogP contribution in [0, 0.1) is 0 Å². The fraction of sp³-hybridized carbons (Fsp3) is 0.455. The van der Waals surface area contributed by atoms with Gasteiger partial charge in [-0.2, -0.15) is 13.2 Å². The van der Waals surface area contributed by atoms with E-state index in [4.69, 9.17) is 5.73 Å². The molecule has 1 atom stereocenters. The number of hydrogen-bond acceptors (Lipinski definition) is 2. The molecule has 0 aliphatic carbocycles. The maximum absolute atomic E-state index is 11.9. The quantitative estimate of drug-likeness (QED) is 0.847. The Morgan fingerprint density at radius 1 is 1.19 bits per heavy atom. The van der Waals surface area contributed by atoms with Crippen LogP contribution in [0.1, 0.15) is 11.5 Å². The Hall–Kier alpha value is -1.07. The summed E-state index contributed by atoms with van der Waals surface area (Å²) >= 11 is 0. The van der Waals surface area contributed by atoms with Crippen LogP contribution in [0.4, 0.5) is 13.2 Å². The molecule has 0 bridgehead atoms. The molecule has 0 fully saturated rings. The van der Waals surface area contributed by atoms with Crippen molar-refractivity contribution in [1.29, 1.82) is 0 Å². The molecule has 0 spiro atoms. The van der Waals surface area contributed by atoms with Crippen molar-refractivity contribution in [3.8, 4) is 0 Å². The molecule has 0 aliphatic heterocycles. The first-order chi connectivity index (χ1) is 7.53. The van der Waals surface area contributed by atoms with E-state index in [-0.39, 0.29) is 19.1 Å². The van der Waals surface area contributed by atoms with Crippen molar-refractivity contribution >= 4 is 0 Å². The first kappa shape index (κ1) is 13.0. The SMILES string of the molecule is NCC(COCC(F)(F)F)c1ccccc1. The number of nitrogens with two attached hydrogens (primary N) is 1. The highest BCUT2D eigenvalue weighted by Crippen LogP contribution is 2.18. The summed E-state index contributed by atoms with van der Waals surface area (Å²) in [6.07, 6.45) is -4.28. The van der Waals surface area contributed by atoms with Crippen molar-refractivity contribution < 1.29 is 17.9 Å². The predicted molar refractivity (Wildman–Crippen MR) is 55.1 cm³/mol. The highest BCUT2D eigenvalue weighted by atomic mass is 19.4. The minimum absolute atomic E-state index is 0.0139. The monoisotopic (exact) mass is 233 g/mol. The first-order valence-electron chi connectivity index (χ1n) is 4.92. The van der Waals surface area contributed by atoms with E-state index in [0.29, 0.717) is 0 Å². The van der Waals surface area contributed by atoms with Gasteiger partial charge in [-0.3, -0.25) is 0 Å². The van der Waals surface area contributed by atoms with Crippen LogP contribution >= 0.6 is 0 Å². The summed E-state index contributed by atoms with van der Waals surface area (Å²) < 4.78 is 40.2. The van der Waals surface area contributed by atoms with Gasteiger partial charge in [-0.25, -0.2) is 0 Å². The molecule has 1 unspecified atom stereocenters. The minimum Gasteiger partial charge on any atom is -0.371 e. The van der Waals surface area contributed by atoms with E-state index >= 15 is 0 Å². The maximum Gasteiger partial charge on any atom is 0.411 e. The molecule has 0 aromatic heterocycles. The molecule has 2 N–H and O–H groups in total. The largest absolute Gasteiger partial charge is 0.411 e. The third kappa shape index (κ3) is 4.63. The fourth-order valence-electron chi connectivity index (χ4n) is 1.34. The molecule has 0 radical (unpaired) electrons. The Bertz CT molecular complexity index is 300. The van der Waals surface area contributed by atoms with E-state index in [1.165, 1.54) is 0 Å². The van der Waals surface area contributed by atoms with Crippen LogP contribution in [0.5, 0.6) is 0 Å². The molecule has 5 heteroatoms. The van der Waals surface area contributed by atoms with Gasteiger partial charge in [0.05, 0.1) is 6.61 Å². The second-order valence-corrected chi connectivity index (χ2v) is 3.47. The van der Waals surface area contributed by atoms with Gasteiger partial charge in [0.1, 0.15) is 6.61 Å². The number of rotatable bonds is 5. The minimum atomic E-state index is -4.28. The predicted octanol–water partition coefficient (Wildman–Crippen LogP) is 2.31. The van der Waals surface area contributed by atoms with Gasteiger partial charge in [-0.1, -0.05) is 30.3 Å². The Balaban J connectivity index is 2.45. The average molecular weight is 233 g/mol. The van der Waals surface area contributed by atoms with Gasteiger partial charge in [0.25, 0.3) is 0 Å². The zero-order valence-electron chi connectivity index (χ0n) is 8.70. The summed E-state index contributed by atoms with van der Waals surface area (Å²) in [6, 6.07) is 9.14. The van der Waals surface area contributed by atoms with Gasteiger partial charge in [0, 0.05) is 12.5 Å². The summed E-state index contributed by atoms with van der Waals surface area (Å²) in [4.78, 5) is 0. The summed E-state index contributed by atoms with van der Waals surface area (Å²) in [6.45, 7) is -0.974. The topological polar surface area (TPSA) is 35.2 Å². The van der Waals surface area contributed by atoms with E-state index in [1.807, 2.05) is 30.3 Å². The van der Waals surface area contributed by atoms with Gasteiger partial charge in [0.2, 0.25) is 0 Å². The lowest BCUT2D eigenvalue weighted by atomic mass is 10.0. The highest BCUT2D eigenvalue weighted by Gasteiger charge is 2.27. The van der Waals surface area contributed by atoms with Gasteiger partial charge in [0.15, 0.2) is 0 Å². The summed E-state index contributed by atoms with van der Waals surface area (Å²) in [7, 11) is 0. The van der Waals surface area contributed by atoms with Crippen molar-refractivity contribution in [2.45, 2.75) is 12.1 Å². The number of alkyl halides is 3. The summed E-state index contributed by atoms with van der Waals surface area (Å²) in [5.41, 5.74) is 6.39. The standard InChI is InChI=1S/C11H14F3NO/c12-11(13,14)8-16-7-10(6-15)9-4-2-1-3-5-9/h1-5,10H,6-8,15H2. The Morgan fingerprint density at radius 2 is 1.81 bits per heavy atom. The maximum atomic E-state index is 11.9. The van der Waals surface area contributed by atoms with Crippen molar-refractivity contribution in [2.24, 2.45) is 5.73 Å². The van der Waals surface area contributed by atoms with Gasteiger partial charge < -0.3 is 10.5 Å². The second kappa shape index (κ2) is 5.86. The number of benzene rings is 1. The molecule has 0 saturated heterocycles. The van der Waals surface area contributed by atoms with E-state index in [1.54, 1.807) is 0 Å². The van der Waals surface area contributed by atoms with E-state index in [9.17, 15) is 13.2 Å². The Labute approximate surface area is 92.2 Å². The molecule has 0 amide bonds. The molecule has 90 valence electrons. The number of ether oxygens (including phenoxy) is 1. The highest BCUT2D eigenvalue weighted by molar-refractivity contribution is 5.19. The van der Waals surface area contributed by atoms with Crippen molar-refractivity contribution in [3.05, 3.63) is 35.9 Å². The molecule has 1 aromatic carbocycles. The molecule has 0 aliphatic rings. The van der Waals surface area contributed by atoms with Gasteiger partial charge >= 0.3 is 6.18 Å². The average Bonchev–Trinajstić information content (AvgIpc) is 2.24. The third-order valence-electron chi connectivity index (χ3n) is 2.14. The van der Waals surface area contributed by atoms with Crippen molar-refractivity contribution in [2.75, 3.05) is 19.8 Å². The zero-order valence-corrected chi connectivity index (χ0v) is 8.70. The summed E-state index contributed by atoms with van der Waals surface area (Å²) in [5.74, 6) is -0.191. The van der Waals surface area contributed by atoms with E-state index in [2.05, 4.69) is 4.74 Å². The number of hydrogen-bond donors (Lipinski definition) is 1. The summed E-state index contributed by atoms with van der Waals surface area (Å²) in [5, 5.41) is 0. The first-order valence-corrected chi connectivity index (χ1v) is 4.92. The van der Waals surface area contributed by atoms with Crippen LogP contribution in [0.3, 0.4) is 0 Å². The normalized spacial score (nSPS) is 13.8. The smallest absolute Gasteiger partial charge is 0.371 e. The lowest BCUT2D eigenvalue weighted by Gasteiger charge is -2.16. The molecule has 0 heterocycles.